The molecule has 4 atom stereocenters. The third-order valence-corrected chi connectivity index (χ3v) is 8.51. The van der Waals surface area contributed by atoms with E-state index in [4.69, 9.17) is 0 Å². The van der Waals surface area contributed by atoms with Crippen LogP contribution in [0, 0.1) is 11.8 Å². The summed E-state index contributed by atoms with van der Waals surface area (Å²) >= 11 is 0. The highest BCUT2D eigenvalue weighted by atomic mass is 32.3. The molecule has 2 bridgehead atoms. The molecule has 3 rings (SSSR count). The Bertz CT molecular complexity index is 319. The number of fused-ring (bicyclic) bond motifs is 3. The normalized spacial score (nSPS) is 50.8. The van der Waals surface area contributed by atoms with Crippen molar-refractivity contribution in [3.63, 3.8) is 0 Å². The van der Waals surface area contributed by atoms with Gasteiger partial charge in [-0.2, -0.15) is 0 Å². The average Bonchev–Trinajstić information content (AvgIpc) is 2.77. The molecule has 72 valence electrons. The van der Waals surface area contributed by atoms with Gasteiger partial charge >= 0.3 is 0 Å². The van der Waals surface area contributed by atoms with Crippen LogP contribution in [-0.2, 0) is 21.6 Å². The van der Waals surface area contributed by atoms with E-state index in [-0.39, 0.29) is 4.08 Å². The Morgan fingerprint density at radius 1 is 1.15 bits per heavy atom. The van der Waals surface area contributed by atoms with Gasteiger partial charge in [0.15, 0.2) is 0 Å². The highest BCUT2D eigenvalue weighted by Gasteiger charge is 2.59. The quantitative estimate of drug-likeness (QED) is 0.561. The van der Waals surface area contributed by atoms with Gasteiger partial charge in [0.2, 0.25) is 0 Å². The smallest absolute Gasteiger partial charge is 0.127 e. The van der Waals surface area contributed by atoms with Crippen molar-refractivity contribution < 1.29 is 8.42 Å². The molecule has 1 spiro atoms. The zero-order valence-electron chi connectivity index (χ0n) is 7.27. The molecule has 13 heavy (non-hydrogen) atoms. The first-order valence-corrected chi connectivity index (χ1v) is 7.32. The maximum atomic E-state index is 11.9. The number of hydrogen-bond acceptors (Lipinski definition) is 2. The highest BCUT2D eigenvalue weighted by molar-refractivity contribution is 8.07. The highest BCUT2D eigenvalue weighted by Crippen LogP contribution is 2.53. The Morgan fingerprint density at radius 2 is 1.85 bits per heavy atom. The van der Waals surface area contributed by atoms with Crippen LogP contribution >= 0.6 is 0 Å². The molecule has 0 aromatic rings. The van der Waals surface area contributed by atoms with Crippen molar-refractivity contribution in [2.75, 3.05) is 11.5 Å². The fourth-order valence-electron chi connectivity index (χ4n) is 2.89. The van der Waals surface area contributed by atoms with Crippen molar-refractivity contribution in [1.82, 2.24) is 0 Å². The maximum Gasteiger partial charge on any atom is 0.127 e. The topological polar surface area (TPSA) is 34.1 Å². The van der Waals surface area contributed by atoms with Gasteiger partial charge in [-0.25, -0.2) is 0 Å². The van der Waals surface area contributed by atoms with Crippen LogP contribution in [-0.4, -0.2) is 24.0 Å². The molecule has 3 aliphatic rings. The minimum absolute atomic E-state index is 0.320. The van der Waals surface area contributed by atoms with E-state index >= 15 is 0 Å². The molecule has 0 aromatic carbocycles. The molecular formula is C9H12O2S2. The van der Waals surface area contributed by atoms with Crippen LogP contribution in [0.2, 0.25) is 0 Å². The molecule has 2 fully saturated rings. The van der Waals surface area contributed by atoms with Crippen molar-refractivity contribution >= 4 is 21.6 Å². The number of allylic oxidation sites excluding steroid dienone is 2. The van der Waals surface area contributed by atoms with Crippen LogP contribution in [0.5, 0.6) is 0 Å². The fraction of sp³-hybridized carbons (Fsp3) is 0.778. The number of hydrogen-bond donors (Lipinski definition) is 0. The fourth-order valence-corrected chi connectivity index (χ4v) is 7.95. The molecule has 1 heterocycles. The molecule has 0 radical (unpaired) electrons. The second kappa shape index (κ2) is 2.54. The van der Waals surface area contributed by atoms with Crippen LogP contribution in [0.1, 0.15) is 12.8 Å². The standard InChI is InChI=1S/C9H12O2S2/c10-12-3-4-13(11)9(12)6-7-1-2-8(9)5-7/h1-2,7-8H,3-6H2/t7-,8+,12+,13+/m0/s1. The van der Waals surface area contributed by atoms with E-state index in [9.17, 15) is 8.42 Å². The summed E-state index contributed by atoms with van der Waals surface area (Å²) in [4.78, 5) is 0. The molecule has 4 heteroatoms. The molecule has 0 unspecified atom stereocenters. The minimum Gasteiger partial charge on any atom is -0.258 e. The zero-order chi connectivity index (χ0) is 9.05. The predicted molar refractivity (Wildman–Crippen MR) is 54.1 cm³/mol. The van der Waals surface area contributed by atoms with Gasteiger partial charge in [0, 0.05) is 39.0 Å². The third-order valence-electron chi connectivity index (χ3n) is 3.51. The Labute approximate surface area is 82.7 Å². The SMILES string of the molecule is O=[S@@]1CC[S@@](=O)C12C[C@H]1C=C[C@@H]2C1. The van der Waals surface area contributed by atoms with Crippen LogP contribution in [0.25, 0.3) is 0 Å². The van der Waals surface area contributed by atoms with E-state index < -0.39 is 21.6 Å². The van der Waals surface area contributed by atoms with Gasteiger partial charge in [0.05, 0.1) is 0 Å². The van der Waals surface area contributed by atoms with Gasteiger partial charge in [0.1, 0.15) is 4.08 Å². The molecule has 2 aliphatic carbocycles. The molecule has 2 nitrogen and oxygen atoms in total. The van der Waals surface area contributed by atoms with Gasteiger partial charge in [-0.05, 0) is 18.8 Å². The van der Waals surface area contributed by atoms with Crippen molar-refractivity contribution in [1.29, 1.82) is 0 Å². The number of rotatable bonds is 0. The molecule has 1 saturated heterocycles. The first kappa shape index (κ1) is 8.36. The van der Waals surface area contributed by atoms with Gasteiger partial charge in [-0.3, -0.25) is 8.42 Å². The summed E-state index contributed by atoms with van der Waals surface area (Å²) in [5, 5.41) is 0. The van der Waals surface area contributed by atoms with E-state index in [1.54, 1.807) is 0 Å². The second-order valence-electron chi connectivity index (χ2n) is 4.10. The summed E-state index contributed by atoms with van der Waals surface area (Å²) in [5.74, 6) is 2.23. The second-order valence-corrected chi connectivity index (χ2v) is 8.02. The summed E-state index contributed by atoms with van der Waals surface area (Å²) in [6.45, 7) is 0. The van der Waals surface area contributed by atoms with Crippen LogP contribution in [0.15, 0.2) is 12.2 Å². The van der Waals surface area contributed by atoms with E-state index in [0.29, 0.717) is 23.3 Å². The van der Waals surface area contributed by atoms with Crippen LogP contribution in [0.4, 0.5) is 0 Å². The molecule has 0 N–H and O–H groups in total. The molecule has 1 saturated carbocycles. The van der Waals surface area contributed by atoms with Crippen molar-refractivity contribution in [2.45, 2.75) is 16.9 Å². The lowest BCUT2D eigenvalue weighted by molar-refractivity contribution is 0.596. The van der Waals surface area contributed by atoms with Crippen LogP contribution < -0.4 is 0 Å². The van der Waals surface area contributed by atoms with Crippen LogP contribution in [0.3, 0.4) is 0 Å². The Hall–Kier alpha value is 0.0400. The molecule has 0 amide bonds. The summed E-state index contributed by atoms with van der Waals surface area (Å²) in [5.41, 5.74) is 0. The largest absolute Gasteiger partial charge is 0.258 e. The van der Waals surface area contributed by atoms with E-state index in [2.05, 4.69) is 12.2 Å². The van der Waals surface area contributed by atoms with Crippen molar-refractivity contribution in [3.8, 4) is 0 Å². The van der Waals surface area contributed by atoms with Gasteiger partial charge in [0.25, 0.3) is 0 Å². The lowest BCUT2D eigenvalue weighted by Crippen LogP contribution is -2.38. The third kappa shape index (κ3) is 0.885. The monoisotopic (exact) mass is 216 g/mol. The molecule has 1 aliphatic heterocycles. The minimum atomic E-state index is -0.838. The summed E-state index contributed by atoms with van der Waals surface area (Å²) < 4.78 is 23.4. The van der Waals surface area contributed by atoms with E-state index in [1.165, 1.54) is 0 Å². The van der Waals surface area contributed by atoms with E-state index in [1.807, 2.05) is 0 Å². The Kier molecular flexibility index (Phi) is 1.63. The Morgan fingerprint density at radius 3 is 2.31 bits per heavy atom. The van der Waals surface area contributed by atoms with Gasteiger partial charge in [-0.1, -0.05) is 12.2 Å². The summed E-state index contributed by atoms with van der Waals surface area (Å²) in [6, 6.07) is 0. The Balaban J connectivity index is 2.10. The summed E-state index contributed by atoms with van der Waals surface area (Å²) in [6.07, 6.45) is 6.36. The summed E-state index contributed by atoms with van der Waals surface area (Å²) in [7, 11) is -1.68. The van der Waals surface area contributed by atoms with E-state index in [0.717, 1.165) is 12.8 Å². The van der Waals surface area contributed by atoms with Gasteiger partial charge < -0.3 is 0 Å². The lowest BCUT2D eigenvalue weighted by Gasteiger charge is -2.27. The predicted octanol–water partition coefficient (Wildman–Crippen LogP) is 0.790. The first-order valence-electron chi connectivity index (χ1n) is 4.69. The maximum absolute atomic E-state index is 11.9. The first-order chi connectivity index (χ1) is 6.23. The average molecular weight is 216 g/mol. The van der Waals surface area contributed by atoms with Gasteiger partial charge in [-0.15, -0.1) is 0 Å². The lowest BCUT2D eigenvalue weighted by atomic mass is 10.1. The zero-order valence-corrected chi connectivity index (χ0v) is 8.90. The molecular weight excluding hydrogens is 204 g/mol. The van der Waals surface area contributed by atoms with Crippen molar-refractivity contribution in [3.05, 3.63) is 12.2 Å². The van der Waals surface area contributed by atoms with Crippen molar-refractivity contribution in [2.24, 2.45) is 11.8 Å². The molecule has 0 aromatic heterocycles.